The topological polar surface area (TPSA) is 28.2 Å². The standard InChI is InChI=1S/C25H35N3/c1-28(12-8-25-16-19-13-20(17-25)15-21(14-19)18-25)11-4-9-26-24-7-10-27-23-6-3-2-5-22(23)24/h2-3,5-7,10,19-21H,4,8-9,11-18H2,1H3,(H,26,27). The second-order valence-corrected chi connectivity index (χ2v) is 10.1. The van der Waals surface area contributed by atoms with Gasteiger partial charge in [-0.15, -0.1) is 0 Å². The van der Waals surface area contributed by atoms with Gasteiger partial charge in [-0.05, 0) is 107 Å². The molecule has 1 heterocycles. The Kier molecular flexibility index (Phi) is 5.04. The lowest BCUT2D eigenvalue weighted by Crippen LogP contribution is -2.47. The van der Waals surface area contributed by atoms with E-state index in [9.17, 15) is 0 Å². The Morgan fingerprint density at radius 2 is 1.71 bits per heavy atom. The zero-order chi connectivity index (χ0) is 19.0. The van der Waals surface area contributed by atoms with Gasteiger partial charge in [-0.25, -0.2) is 0 Å². The Morgan fingerprint density at radius 3 is 2.46 bits per heavy atom. The SMILES string of the molecule is CN(CCCNc1ccnc2ccccc12)CCC12CC3CC(CC(C3)C1)C2. The predicted octanol–water partition coefficient (Wildman–Crippen LogP) is 5.58. The van der Waals surface area contributed by atoms with E-state index >= 15 is 0 Å². The number of hydrogen-bond donors (Lipinski definition) is 1. The summed E-state index contributed by atoms with van der Waals surface area (Å²) in [5, 5.41) is 4.85. The fourth-order valence-electron chi connectivity index (χ4n) is 6.96. The molecule has 1 aromatic carbocycles. The van der Waals surface area contributed by atoms with Crippen molar-refractivity contribution in [3.05, 3.63) is 36.5 Å². The normalized spacial score (nSPS) is 31.0. The van der Waals surface area contributed by atoms with Crippen LogP contribution in [0.3, 0.4) is 0 Å². The Labute approximate surface area is 169 Å². The van der Waals surface area contributed by atoms with Crippen LogP contribution in [-0.4, -0.2) is 36.6 Å². The average molecular weight is 378 g/mol. The Bertz CT molecular complexity index is 774. The van der Waals surface area contributed by atoms with Gasteiger partial charge in [0.1, 0.15) is 0 Å². The fraction of sp³-hybridized carbons (Fsp3) is 0.640. The molecule has 0 atom stereocenters. The number of benzene rings is 1. The van der Waals surface area contributed by atoms with Crippen LogP contribution in [0.5, 0.6) is 0 Å². The number of para-hydroxylation sites is 1. The first kappa shape index (κ1) is 18.4. The molecule has 0 spiro atoms. The molecule has 0 unspecified atom stereocenters. The molecule has 4 fully saturated rings. The first-order chi connectivity index (χ1) is 13.7. The molecule has 4 saturated carbocycles. The summed E-state index contributed by atoms with van der Waals surface area (Å²) in [5.41, 5.74) is 3.00. The smallest absolute Gasteiger partial charge is 0.0722 e. The molecule has 6 rings (SSSR count). The number of pyridine rings is 1. The monoisotopic (exact) mass is 377 g/mol. The van der Waals surface area contributed by atoms with Crippen molar-refractivity contribution in [3.8, 4) is 0 Å². The van der Waals surface area contributed by atoms with Crippen LogP contribution in [-0.2, 0) is 0 Å². The largest absolute Gasteiger partial charge is 0.384 e. The van der Waals surface area contributed by atoms with Crippen LogP contribution in [0, 0.1) is 23.2 Å². The van der Waals surface area contributed by atoms with Crippen molar-refractivity contribution in [2.75, 3.05) is 32.0 Å². The van der Waals surface area contributed by atoms with E-state index in [0.717, 1.165) is 35.2 Å². The van der Waals surface area contributed by atoms with Gasteiger partial charge in [0, 0.05) is 23.8 Å². The summed E-state index contributed by atoms with van der Waals surface area (Å²) in [5.74, 6) is 3.24. The minimum absolute atomic E-state index is 0.719. The number of aromatic nitrogens is 1. The zero-order valence-electron chi connectivity index (χ0n) is 17.4. The van der Waals surface area contributed by atoms with Crippen molar-refractivity contribution in [1.82, 2.24) is 9.88 Å². The third kappa shape index (κ3) is 3.78. The molecule has 0 saturated heterocycles. The van der Waals surface area contributed by atoms with Gasteiger partial charge in [-0.2, -0.15) is 0 Å². The van der Waals surface area contributed by atoms with Crippen molar-refractivity contribution >= 4 is 16.6 Å². The van der Waals surface area contributed by atoms with Gasteiger partial charge in [0.2, 0.25) is 0 Å². The first-order valence-electron chi connectivity index (χ1n) is 11.5. The van der Waals surface area contributed by atoms with Gasteiger partial charge in [-0.1, -0.05) is 18.2 Å². The van der Waals surface area contributed by atoms with E-state index in [4.69, 9.17) is 0 Å². The van der Waals surface area contributed by atoms with E-state index in [0.29, 0.717) is 0 Å². The molecule has 3 nitrogen and oxygen atoms in total. The van der Waals surface area contributed by atoms with Gasteiger partial charge in [0.25, 0.3) is 0 Å². The van der Waals surface area contributed by atoms with Gasteiger partial charge in [0.15, 0.2) is 0 Å². The van der Waals surface area contributed by atoms with Gasteiger partial charge in [-0.3, -0.25) is 4.98 Å². The van der Waals surface area contributed by atoms with E-state index in [-0.39, 0.29) is 0 Å². The van der Waals surface area contributed by atoms with Crippen molar-refractivity contribution in [1.29, 1.82) is 0 Å². The molecule has 28 heavy (non-hydrogen) atoms. The molecule has 0 aliphatic heterocycles. The summed E-state index contributed by atoms with van der Waals surface area (Å²) in [6.45, 7) is 3.49. The van der Waals surface area contributed by atoms with Crippen LogP contribution in [0.1, 0.15) is 51.4 Å². The lowest BCUT2D eigenvalue weighted by molar-refractivity contribution is -0.0602. The summed E-state index contributed by atoms with van der Waals surface area (Å²) in [7, 11) is 2.32. The molecule has 4 bridgehead atoms. The summed E-state index contributed by atoms with van der Waals surface area (Å²) < 4.78 is 0. The molecule has 0 radical (unpaired) electrons. The van der Waals surface area contributed by atoms with Crippen molar-refractivity contribution in [3.63, 3.8) is 0 Å². The van der Waals surface area contributed by atoms with E-state index in [1.54, 1.807) is 38.5 Å². The predicted molar refractivity (Wildman–Crippen MR) is 118 cm³/mol. The first-order valence-corrected chi connectivity index (χ1v) is 11.5. The maximum Gasteiger partial charge on any atom is 0.0722 e. The molecule has 4 aliphatic carbocycles. The highest BCUT2D eigenvalue weighted by molar-refractivity contribution is 5.90. The molecule has 0 amide bonds. The molecule has 4 aliphatic rings. The summed E-state index contributed by atoms with van der Waals surface area (Å²) in [4.78, 5) is 7.03. The molecule has 2 aromatic rings. The fourth-order valence-corrected chi connectivity index (χ4v) is 6.96. The summed E-state index contributed by atoms with van der Waals surface area (Å²) in [6, 6.07) is 10.5. The summed E-state index contributed by atoms with van der Waals surface area (Å²) in [6.07, 6.45) is 13.8. The maximum absolute atomic E-state index is 4.45. The molecular weight excluding hydrogens is 342 g/mol. The average Bonchev–Trinajstić information content (AvgIpc) is 2.69. The van der Waals surface area contributed by atoms with E-state index in [1.165, 1.54) is 37.0 Å². The highest BCUT2D eigenvalue weighted by Gasteiger charge is 2.50. The zero-order valence-corrected chi connectivity index (χ0v) is 17.4. The van der Waals surface area contributed by atoms with Crippen LogP contribution >= 0.6 is 0 Å². The maximum atomic E-state index is 4.45. The number of rotatable bonds is 8. The van der Waals surface area contributed by atoms with Crippen molar-refractivity contribution in [2.24, 2.45) is 23.2 Å². The van der Waals surface area contributed by atoms with Gasteiger partial charge >= 0.3 is 0 Å². The quantitative estimate of drug-likeness (QED) is 0.609. The minimum Gasteiger partial charge on any atom is -0.384 e. The number of anilines is 1. The van der Waals surface area contributed by atoms with Crippen LogP contribution in [0.2, 0.25) is 0 Å². The van der Waals surface area contributed by atoms with E-state index in [2.05, 4.69) is 52.6 Å². The highest BCUT2D eigenvalue weighted by Crippen LogP contribution is 2.61. The number of nitrogens with one attached hydrogen (secondary N) is 1. The van der Waals surface area contributed by atoms with Crippen LogP contribution < -0.4 is 5.32 Å². The lowest BCUT2D eigenvalue weighted by Gasteiger charge is -2.57. The Morgan fingerprint density at radius 1 is 1.00 bits per heavy atom. The van der Waals surface area contributed by atoms with Gasteiger partial charge < -0.3 is 10.2 Å². The molecule has 3 heteroatoms. The Balaban J connectivity index is 1.07. The Hall–Kier alpha value is -1.61. The molecular formula is C25H35N3. The van der Waals surface area contributed by atoms with Crippen LogP contribution in [0.4, 0.5) is 5.69 Å². The minimum atomic E-state index is 0.719. The number of hydrogen-bond acceptors (Lipinski definition) is 3. The third-order valence-corrected chi connectivity index (χ3v) is 7.87. The van der Waals surface area contributed by atoms with Crippen LogP contribution in [0.25, 0.3) is 10.9 Å². The van der Waals surface area contributed by atoms with Gasteiger partial charge in [0.05, 0.1) is 5.52 Å². The third-order valence-electron chi connectivity index (χ3n) is 7.87. The highest BCUT2D eigenvalue weighted by atomic mass is 15.1. The van der Waals surface area contributed by atoms with Crippen molar-refractivity contribution in [2.45, 2.75) is 51.4 Å². The second kappa shape index (κ2) is 7.67. The molecule has 1 N–H and O–H groups in total. The van der Waals surface area contributed by atoms with Crippen LogP contribution in [0.15, 0.2) is 36.5 Å². The van der Waals surface area contributed by atoms with E-state index < -0.39 is 0 Å². The number of nitrogens with zero attached hydrogens (tertiary/aromatic N) is 2. The lowest BCUT2D eigenvalue weighted by atomic mass is 9.49. The molecule has 1 aromatic heterocycles. The van der Waals surface area contributed by atoms with E-state index in [1.807, 2.05) is 6.20 Å². The molecule has 150 valence electrons. The second-order valence-electron chi connectivity index (χ2n) is 10.1. The van der Waals surface area contributed by atoms with Crippen molar-refractivity contribution < 1.29 is 0 Å². The number of fused-ring (bicyclic) bond motifs is 1. The summed E-state index contributed by atoms with van der Waals surface area (Å²) >= 11 is 0.